The van der Waals surface area contributed by atoms with Crippen molar-refractivity contribution in [3.8, 4) is 6.07 Å². The molecule has 0 bridgehead atoms. The van der Waals surface area contributed by atoms with Crippen LogP contribution in [0.15, 0.2) is 96.2 Å². The molecule has 21 rings (SSSR count). The molecule has 9 saturated heterocycles. The fourth-order valence-electron chi connectivity index (χ4n) is 19.5. The van der Waals surface area contributed by atoms with E-state index in [9.17, 15) is 10.5 Å². The zero-order valence-electron chi connectivity index (χ0n) is 82.6. The Labute approximate surface area is 937 Å². The van der Waals surface area contributed by atoms with E-state index in [1.807, 2.05) is 49.9 Å². The van der Waals surface area contributed by atoms with Crippen LogP contribution in [0.5, 0.6) is 0 Å². The standard InChI is InChI=1S/C28H34N10O2.C28H31N9O.C27H31ClN8O.CN.H32P30.Zn/c1-18-6-4-7-19-25(18)28(32-27(30-19)26(29)34-39)37-11-3-2-8-21(37)20-16-23-31-22(35-9-5-10-35)17-24(38(23)33-20)36-12-14-40-15-13-36;1-19-6-4-7-20-27(19)28(31-23(18-29)30-20)36-11-3-2-8-22(36)21-16-25-32-24(34-9-5-10-34)17-26(37(25)33-21)35-12-14-38-15-13-35;1-18-6-4-7-19-25(18)26(31-27(28)29-19)35-11-3-2-8-21(35)20-16-23-30-22(33-9-5-10-33)17-24(36(23)32-20)34-12-14-37-15-13-34;1-2;1-17(2)25(18(3)4)29(26(19(5)6)20(7)8)30(27(21(9)10)22(11)12)28(23(13)14)24(15)16;/h4,6-7,16-17,21,39H,2-3,5,8-15H2,1H3,(H2,29,34);4,6-7,16-17,22H,2-3,5,8-15H2,1H3;4,6-7,16-17,21H,2-3,5,8-15H2,1H3;;1-16H2;/q;;;-1;;. The van der Waals surface area contributed by atoms with Gasteiger partial charge in [-0.05, 0) is 242 Å². The number of ether oxygens (including phenoxy) is 3. The number of rotatable bonds is 26. The normalized spacial score (nSPS) is 18.7. The van der Waals surface area contributed by atoms with Gasteiger partial charge >= 0.3 is 0 Å². The number of aromatic nitrogens is 15. The Morgan fingerprint density at radius 1 is 0.378 bits per heavy atom. The van der Waals surface area contributed by atoms with Crippen molar-refractivity contribution in [2.45, 2.75) is 116 Å². The minimum absolute atomic E-state index is 0. The van der Waals surface area contributed by atoms with Gasteiger partial charge in [-0.3, -0.25) is 0 Å². The second-order valence-corrected chi connectivity index (χ2v) is 157. The van der Waals surface area contributed by atoms with E-state index in [0.29, 0.717) is 13.2 Å². The fraction of sp³-hybridized carbons (Fsp3) is 0.464. The van der Waals surface area contributed by atoms with E-state index in [4.69, 9.17) is 88.6 Å². The van der Waals surface area contributed by atoms with Crippen LogP contribution in [0.2, 0.25) is 5.28 Å². The van der Waals surface area contributed by atoms with E-state index in [1.54, 1.807) is 0 Å². The molecule has 0 radical (unpaired) electrons. The number of piperidine rings is 3. The molecule has 19 unspecified atom stereocenters. The van der Waals surface area contributed by atoms with E-state index in [1.165, 1.54) is 19.3 Å². The molecule has 3 aromatic carbocycles. The van der Waals surface area contributed by atoms with Crippen LogP contribution in [0.4, 0.5) is 52.4 Å². The number of morpholine rings is 3. The topological polar surface area (TPSA) is 331 Å². The molecular weight excluding hydrogens is 2500 g/mol. The van der Waals surface area contributed by atoms with Crippen LogP contribution in [0.25, 0.3) is 49.7 Å². The van der Waals surface area contributed by atoms with E-state index in [0.717, 1.165) is 318 Å². The summed E-state index contributed by atoms with van der Waals surface area (Å²) < 4.78 is 23.0. The first-order valence-electron chi connectivity index (χ1n) is 48.0. The molecule has 0 amide bonds. The number of halogens is 1. The SMILES string of the molecule is Cc1cccc2nc(C#N)nc(N3CCCCC3c3cc4nc(N5CCC5)cc(N5CCOCC5)n4n3)c12.Cc1cccc2nc(C(N)=NO)nc(N3CCCCC3c3cc4nc(N5CCC5)cc(N5CCOCC5)n4n3)c12.Cc1cccc2nc(Cl)nc(N3CCCCC3c3cc4nc(N5CCC5)cc(N5CCOCC5)n4n3)c12.PP(P)P(P(P)P)P(P(P(P)P)P(P)P)P(P(P(P)P)P(P)P)P(P(P)P)P(P)P.[C-]#N.[Zn]. The molecule has 9 fully saturated rings. The number of nitriles is 1. The molecule has 3 N–H and O–H groups in total. The number of hydrogen-bond acceptors (Lipinski definition) is 28. The van der Waals surface area contributed by atoms with Crippen LogP contribution >= 0.6 is 252 Å². The van der Waals surface area contributed by atoms with Crippen LogP contribution in [0.1, 0.15) is 141 Å². The summed E-state index contributed by atoms with van der Waals surface area (Å²) in [6.45, 7) is 29.0. The van der Waals surface area contributed by atoms with Crippen LogP contribution in [-0.2, 0) is 33.7 Å². The Bertz CT molecular complexity index is 6580. The maximum atomic E-state index is 9.68. The Kier molecular flexibility index (Phi) is 47.3. The number of hydrogen-bond donors (Lipinski definition) is 2. The molecule has 9 aliphatic heterocycles. The molecule has 0 saturated carbocycles. The predicted molar refractivity (Wildman–Crippen MR) is 703 cm³/mol. The third kappa shape index (κ3) is 28.4. The molecular formula is C84H128ClN28O4P30Zn-. The van der Waals surface area contributed by atoms with Gasteiger partial charge in [0, 0.05) is 170 Å². The van der Waals surface area contributed by atoms with Crippen molar-refractivity contribution in [1.29, 1.82) is 10.5 Å². The summed E-state index contributed by atoms with van der Waals surface area (Å²) in [5.41, 5.74) is 17.4. The number of fused-ring (bicyclic) bond motifs is 6. The first-order chi connectivity index (χ1) is 71.0. The molecule has 32 nitrogen and oxygen atoms in total. The number of nitrogens with zero attached hydrogens (tertiary/aromatic N) is 27. The van der Waals surface area contributed by atoms with E-state index < -0.39 is 0 Å². The third-order valence-corrected chi connectivity index (χ3v) is 223. The maximum absolute atomic E-state index is 9.68. The summed E-state index contributed by atoms with van der Waals surface area (Å²) in [7, 11) is 52.6. The van der Waals surface area contributed by atoms with Crippen molar-refractivity contribution in [3.63, 3.8) is 0 Å². The summed E-state index contributed by atoms with van der Waals surface area (Å²) in [5, 5.41) is 47.4. The monoisotopic (exact) mass is 2620 g/mol. The summed E-state index contributed by atoms with van der Waals surface area (Å²) in [6.07, 6.45) is 13.1. The number of anilines is 9. The van der Waals surface area contributed by atoms with Gasteiger partial charge in [-0.1, -0.05) is 41.6 Å². The smallest absolute Gasteiger partial charge is 0.234 e. The van der Waals surface area contributed by atoms with Crippen molar-refractivity contribution in [2.24, 2.45) is 10.9 Å². The van der Waals surface area contributed by atoms with Gasteiger partial charge in [0.1, 0.15) is 58.4 Å². The van der Waals surface area contributed by atoms with E-state index in [-0.39, 0.29) is 158 Å². The second-order valence-electron chi connectivity index (χ2n) is 36.1. The number of nitrogens with two attached hydrogens (primary N) is 1. The molecule has 9 aromatic heterocycles. The van der Waals surface area contributed by atoms with Gasteiger partial charge in [-0.2, -0.15) is 39.1 Å². The van der Waals surface area contributed by atoms with Crippen LogP contribution in [0, 0.1) is 43.9 Å². The fourth-order valence-corrected chi connectivity index (χ4v) is 418. The van der Waals surface area contributed by atoms with Gasteiger partial charge in [0.15, 0.2) is 16.9 Å². The molecule has 12 aromatic rings. The molecule has 0 aliphatic carbocycles. The minimum Gasteiger partial charge on any atom is -0.512 e. The zero-order valence-corrected chi connectivity index (χ0v) is 117. The zero-order chi connectivity index (χ0) is 104. The molecule has 788 valence electrons. The van der Waals surface area contributed by atoms with Crippen LogP contribution < -0.4 is 49.8 Å². The first-order valence-corrected chi connectivity index (χ1v) is 102. The van der Waals surface area contributed by atoms with Crippen molar-refractivity contribution in [2.75, 3.05) is 182 Å². The van der Waals surface area contributed by atoms with Crippen molar-refractivity contribution >= 4 is 360 Å². The number of benzene rings is 3. The average molecular weight is 2620 g/mol. The van der Waals surface area contributed by atoms with Crippen LogP contribution in [0.3, 0.4) is 0 Å². The maximum Gasteiger partial charge on any atom is 0.234 e. The van der Waals surface area contributed by atoms with Gasteiger partial charge in [0.2, 0.25) is 22.8 Å². The molecule has 0 spiro atoms. The third-order valence-electron chi connectivity index (χ3n) is 26.7. The Morgan fingerprint density at radius 3 is 0.966 bits per heavy atom. The second kappa shape index (κ2) is 57.4. The Morgan fingerprint density at radius 2 is 0.676 bits per heavy atom. The Hall–Kier alpha value is 1.68. The van der Waals surface area contributed by atoms with Gasteiger partial charge in [-0.25, -0.2) is 39.9 Å². The summed E-state index contributed by atoms with van der Waals surface area (Å²) in [4.78, 5) is 64.2. The summed E-state index contributed by atoms with van der Waals surface area (Å²) >= 11 is 6.43. The van der Waals surface area contributed by atoms with Gasteiger partial charge in [0.25, 0.3) is 0 Å². The summed E-state index contributed by atoms with van der Waals surface area (Å²) in [6, 6.07) is 33.5. The largest absolute Gasteiger partial charge is 0.512 e. The predicted octanol–water partition coefficient (Wildman–Crippen LogP) is 28.3. The van der Waals surface area contributed by atoms with E-state index >= 15 is 0 Å². The van der Waals surface area contributed by atoms with Crippen molar-refractivity contribution in [1.82, 2.24) is 73.7 Å². The molecule has 9 aliphatic rings. The number of aryl methyl sites for hydroxylation is 3. The van der Waals surface area contributed by atoms with E-state index in [2.05, 4.69) is 288 Å². The van der Waals surface area contributed by atoms with Gasteiger partial charge in [-0.15, -0.1) is 143 Å². The van der Waals surface area contributed by atoms with Gasteiger partial charge in [0.05, 0.1) is 91.4 Å². The van der Waals surface area contributed by atoms with Crippen molar-refractivity contribution < 1.29 is 38.9 Å². The number of amidine groups is 1. The van der Waals surface area contributed by atoms with Gasteiger partial charge < -0.3 is 81.1 Å². The molecule has 18 heterocycles. The quantitative estimate of drug-likeness (QED) is 0.00743. The molecule has 64 heteroatoms. The summed E-state index contributed by atoms with van der Waals surface area (Å²) in [5.74, 6) is 9.11. The molecule has 19 atom stereocenters. The van der Waals surface area contributed by atoms with Crippen molar-refractivity contribution in [3.05, 3.63) is 148 Å². The average Bonchev–Trinajstić information content (AvgIpc) is 1.54. The Balaban J connectivity index is 0.000000141. The number of oxime groups is 1. The van der Waals surface area contributed by atoms with Crippen LogP contribution in [-0.4, -0.2) is 223 Å². The minimum atomic E-state index is -0.108. The molecule has 148 heavy (non-hydrogen) atoms. The first kappa shape index (κ1) is 122.